The molecule has 0 nitrogen and oxygen atoms in total. The van der Waals surface area contributed by atoms with E-state index >= 15 is 0 Å². The van der Waals surface area contributed by atoms with Crippen molar-refractivity contribution in [3.8, 4) is 0 Å². The predicted octanol–water partition coefficient (Wildman–Crippen LogP) is 2.30. The van der Waals surface area contributed by atoms with E-state index < -0.39 is 0 Å². The van der Waals surface area contributed by atoms with E-state index in [0.29, 0.717) is 0 Å². The Hall–Kier alpha value is -0.824. The van der Waals surface area contributed by atoms with Gasteiger partial charge in [-0.3, -0.25) is 0 Å². The van der Waals surface area contributed by atoms with Crippen molar-refractivity contribution in [2.24, 2.45) is 0 Å². The van der Waals surface area contributed by atoms with Crippen LogP contribution in [0.1, 0.15) is 0 Å². The SMILES string of the molecule is C=C[SiH3].[Fe+2].c1cc[cH-]c1.c1cc[cH-]c1. The van der Waals surface area contributed by atoms with Gasteiger partial charge in [0.25, 0.3) is 0 Å². The summed E-state index contributed by atoms with van der Waals surface area (Å²) in [4.78, 5) is 0. The largest absolute Gasteiger partial charge is 2.00 e. The predicted molar refractivity (Wildman–Crippen MR) is 64.2 cm³/mol. The van der Waals surface area contributed by atoms with Gasteiger partial charge in [0.2, 0.25) is 0 Å². The minimum atomic E-state index is 0. The minimum Gasteiger partial charge on any atom is -0.214 e. The molecule has 2 aromatic rings. The first-order chi connectivity index (χ1) is 6.41. The maximum Gasteiger partial charge on any atom is 2.00 e. The molecule has 0 aliphatic rings. The zero-order chi connectivity index (χ0) is 9.78. The summed E-state index contributed by atoms with van der Waals surface area (Å²) in [6.07, 6.45) is 0. The van der Waals surface area contributed by atoms with E-state index in [1.807, 2.05) is 66.4 Å². The van der Waals surface area contributed by atoms with E-state index in [0.717, 1.165) is 10.2 Å². The van der Waals surface area contributed by atoms with Gasteiger partial charge < -0.3 is 0 Å². The molecule has 0 amide bonds. The van der Waals surface area contributed by atoms with Gasteiger partial charge in [0.15, 0.2) is 0 Å². The minimum absolute atomic E-state index is 0. The van der Waals surface area contributed by atoms with Crippen LogP contribution >= 0.6 is 0 Å². The van der Waals surface area contributed by atoms with Crippen LogP contribution in [0.25, 0.3) is 0 Å². The molecule has 0 radical (unpaired) electrons. The third-order valence-electron chi connectivity index (χ3n) is 1.11. The molecule has 2 aromatic carbocycles. The van der Waals surface area contributed by atoms with Gasteiger partial charge in [-0.05, 0) is 0 Å². The Morgan fingerprint density at radius 2 is 1.07 bits per heavy atom. The Bertz CT molecular complexity index is 185. The van der Waals surface area contributed by atoms with Gasteiger partial charge in [0.05, 0.1) is 0 Å². The average Bonchev–Trinajstić information content (AvgIpc) is 2.85. The second-order valence-corrected chi connectivity index (χ2v) is 3.15. The fourth-order valence-corrected chi connectivity index (χ4v) is 0.642. The molecule has 0 bridgehead atoms. The quantitative estimate of drug-likeness (QED) is 0.492. The summed E-state index contributed by atoms with van der Waals surface area (Å²) < 4.78 is 0. The molecule has 0 aliphatic heterocycles. The van der Waals surface area contributed by atoms with Gasteiger partial charge in [-0.25, -0.2) is 24.3 Å². The van der Waals surface area contributed by atoms with Crippen molar-refractivity contribution in [1.82, 2.24) is 0 Å². The van der Waals surface area contributed by atoms with E-state index in [1.54, 1.807) is 0 Å². The summed E-state index contributed by atoms with van der Waals surface area (Å²) in [6.45, 7) is 3.42. The molecule has 0 spiro atoms. The molecule has 76 valence electrons. The molecule has 0 aliphatic carbocycles. The maximum absolute atomic E-state index is 3.42. The zero-order valence-electron chi connectivity index (χ0n) is 8.41. The molecular weight excluding hydrogens is 228 g/mol. The van der Waals surface area contributed by atoms with Gasteiger partial charge in [0, 0.05) is 10.2 Å². The summed E-state index contributed by atoms with van der Waals surface area (Å²) in [5.74, 6) is 0. The summed E-state index contributed by atoms with van der Waals surface area (Å²) in [6, 6.07) is 20.0. The molecule has 0 saturated carbocycles. The summed E-state index contributed by atoms with van der Waals surface area (Å²) in [5, 5.41) is 0. The van der Waals surface area contributed by atoms with E-state index in [2.05, 4.69) is 6.58 Å². The van der Waals surface area contributed by atoms with Gasteiger partial charge in [-0.1, -0.05) is 0 Å². The summed E-state index contributed by atoms with van der Waals surface area (Å²) in [5.41, 5.74) is 1.89. The van der Waals surface area contributed by atoms with Crippen LogP contribution in [0.3, 0.4) is 0 Å². The molecule has 2 heteroatoms. The summed E-state index contributed by atoms with van der Waals surface area (Å²) in [7, 11) is 1.13. The van der Waals surface area contributed by atoms with Crippen molar-refractivity contribution in [3.05, 3.63) is 72.9 Å². The third-order valence-corrected chi connectivity index (χ3v) is 1.11. The first-order valence-corrected chi connectivity index (χ1v) is 5.47. The van der Waals surface area contributed by atoms with Crippen LogP contribution in [0.5, 0.6) is 0 Å². The topological polar surface area (TPSA) is 0 Å². The van der Waals surface area contributed by atoms with Crippen molar-refractivity contribution in [2.75, 3.05) is 0 Å². The average molecular weight is 244 g/mol. The van der Waals surface area contributed by atoms with Gasteiger partial charge >= 0.3 is 17.1 Å². The molecule has 0 heterocycles. The maximum atomic E-state index is 3.42. The van der Waals surface area contributed by atoms with E-state index in [4.69, 9.17) is 0 Å². The molecule has 0 atom stereocenters. The van der Waals surface area contributed by atoms with Crippen molar-refractivity contribution in [2.45, 2.75) is 0 Å². The number of hydrogen-bond acceptors (Lipinski definition) is 0. The molecule has 14 heavy (non-hydrogen) atoms. The van der Waals surface area contributed by atoms with E-state index in [9.17, 15) is 0 Å². The molecule has 0 unspecified atom stereocenters. The first kappa shape index (κ1) is 15.6. The Kier molecular flexibility index (Phi) is 16.4. The van der Waals surface area contributed by atoms with Crippen LogP contribution in [-0.4, -0.2) is 10.2 Å². The standard InChI is InChI=1S/2C5H5.C2H6Si.Fe/c2*1-2-4-5-3-1;1-2-3;/h2*1-5H;2H,1H2,3H3;/q2*-1;;+2. The molecule has 0 fully saturated rings. The van der Waals surface area contributed by atoms with E-state index in [1.165, 1.54) is 0 Å². The summed E-state index contributed by atoms with van der Waals surface area (Å²) >= 11 is 0. The molecule has 0 N–H and O–H groups in total. The second kappa shape index (κ2) is 14.7. The van der Waals surface area contributed by atoms with Crippen LogP contribution in [0.4, 0.5) is 0 Å². The van der Waals surface area contributed by atoms with Crippen LogP contribution in [0.2, 0.25) is 0 Å². The van der Waals surface area contributed by atoms with Gasteiger partial charge in [0.1, 0.15) is 0 Å². The zero-order valence-corrected chi connectivity index (χ0v) is 11.5. The molecule has 0 saturated heterocycles. The monoisotopic (exact) mass is 244 g/mol. The smallest absolute Gasteiger partial charge is 0.214 e. The van der Waals surface area contributed by atoms with Crippen molar-refractivity contribution in [3.63, 3.8) is 0 Å². The van der Waals surface area contributed by atoms with Crippen LogP contribution in [0, 0.1) is 0 Å². The Morgan fingerprint density at radius 1 is 0.857 bits per heavy atom. The molecular formula is C12H16FeSi. The fourth-order valence-electron chi connectivity index (χ4n) is 0.642. The Balaban J connectivity index is 0. The normalized spacial score (nSPS) is 6.86. The van der Waals surface area contributed by atoms with Crippen molar-refractivity contribution in [1.29, 1.82) is 0 Å². The Labute approximate surface area is 100 Å². The number of rotatable bonds is 0. The van der Waals surface area contributed by atoms with Gasteiger partial charge in [-0.15, -0.1) is 12.3 Å². The van der Waals surface area contributed by atoms with Crippen LogP contribution < -0.4 is 0 Å². The van der Waals surface area contributed by atoms with Crippen LogP contribution in [-0.2, 0) is 17.1 Å². The third kappa shape index (κ3) is 13.7. The molecule has 0 aromatic heterocycles. The van der Waals surface area contributed by atoms with Crippen molar-refractivity contribution < 1.29 is 17.1 Å². The first-order valence-electron chi connectivity index (χ1n) is 4.32. The number of hydrogen-bond donors (Lipinski definition) is 0. The van der Waals surface area contributed by atoms with Gasteiger partial charge in [-0.2, -0.15) is 36.4 Å². The van der Waals surface area contributed by atoms with Crippen LogP contribution in [0.15, 0.2) is 72.9 Å². The Morgan fingerprint density at radius 3 is 1.14 bits per heavy atom. The fraction of sp³-hybridized carbons (Fsp3) is 0. The van der Waals surface area contributed by atoms with E-state index in [-0.39, 0.29) is 17.1 Å². The molecule has 2 rings (SSSR count). The van der Waals surface area contributed by atoms with Crippen molar-refractivity contribution >= 4 is 10.2 Å². The second-order valence-electron chi connectivity index (χ2n) is 2.33.